The van der Waals surface area contributed by atoms with Crippen LogP contribution < -0.4 is 16.4 Å². The molecule has 0 spiro atoms. The van der Waals surface area contributed by atoms with Gasteiger partial charge in [0.1, 0.15) is 5.82 Å². The second kappa shape index (κ2) is 7.20. The quantitative estimate of drug-likeness (QED) is 0.643. The maximum Gasteiger partial charge on any atom is 0.340 e. The van der Waals surface area contributed by atoms with Gasteiger partial charge in [0.15, 0.2) is 0 Å². The molecule has 1 aromatic heterocycles. The Kier molecular flexibility index (Phi) is 5.59. The molecule has 0 aliphatic rings. The van der Waals surface area contributed by atoms with Gasteiger partial charge in [-0.2, -0.15) is 0 Å². The van der Waals surface area contributed by atoms with Crippen molar-refractivity contribution in [3.63, 3.8) is 0 Å². The second-order valence-corrected chi connectivity index (χ2v) is 3.85. The van der Waals surface area contributed by atoms with Crippen molar-refractivity contribution in [1.82, 2.24) is 10.3 Å². The van der Waals surface area contributed by atoms with Crippen LogP contribution in [0.25, 0.3) is 0 Å². The number of aromatic nitrogens is 1. The van der Waals surface area contributed by atoms with Gasteiger partial charge in [-0.05, 0) is 12.5 Å². The smallest absolute Gasteiger partial charge is 0.340 e. The molecule has 1 aromatic rings. The largest absolute Gasteiger partial charge is 0.465 e. The Morgan fingerprint density at radius 2 is 2.21 bits per heavy atom. The van der Waals surface area contributed by atoms with Crippen molar-refractivity contribution in [2.45, 2.75) is 13.3 Å². The molecule has 0 aromatic carbocycles. The number of nitrogen functional groups attached to an aromatic ring is 1. The molecule has 1 rings (SSSR count). The van der Waals surface area contributed by atoms with E-state index >= 15 is 0 Å². The van der Waals surface area contributed by atoms with E-state index < -0.39 is 5.97 Å². The third kappa shape index (κ3) is 4.46. The van der Waals surface area contributed by atoms with E-state index in [0.717, 1.165) is 6.42 Å². The van der Waals surface area contributed by atoms with E-state index in [-0.39, 0.29) is 23.7 Å². The first-order valence-corrected chi connectivity index (χ1v) is 5.92. The number of hydrogen-bond acceptors (Lipinski definition) is 6. The normalized spacial score (nSPS) is 9.79. The van der Waals surface area contributed by atoms with Gasteiger partial charge in [-0.1, -0.05) is 6.92 Å². The molecule has 0 radical (unpaired) electrons. The molecule has 104 valence electrons. The predicted molar refractivity (Wildman–Crippen MR) is 71.8 cm³/mol. The number of ether oxygens (including phenoxy) is 1. The zero-order valence-electron chi connectivity index (χ0n) is 11.0. The number of esters is 1. The molecule has 0 atom stereocenters. The van der Waals surface area contributed by atoms with Gasteiger partial charge in [0, 0.05) is 6.54 Å². The van der Waals surface area contributed by atoms with Gasteiger partial charge in [0.05, 0.1) is 31.1 Å². The lowest BCUT2D eigenvalue weighted by molar-refractivity contribution is -0.119. The highest BCUT2D eigenvalue weighted by Crippen LogP contribution is 2.15. The molecule has 19 heavy (non-hydrogen) atoms. The van der Waals surface area contributed by atoms with Crippen LogP contribution in [0.4, 0.5) is 11.5 Å². The van der Waals surface area contributed by atoms with Crippen LogP contribution in [0, 0.1) is 0 Å². The van der Waals surface area contributed by atoms with Gasteiger partial charge >= 0.3 is 5.97 Å². The highest BCUT2D eigenvalue weighted by atomic mass is 16.5. The first-order valence-electron chi connectivity index (χ1n) is 5.92. The Morgan fingerprint density at radius 1 is 1.47 bits per heavy atom. The number of hydrogen-bond donors (Lipinski definition) is 3. The maximum absolute atomic E-state index is 11.4. The number of rotatable bonds is 6. The number of nitrogens with two attached hydrogens (primary N) is 1. The van der Waals surface area contributed by atoms with E-state index in [4.69, 9.17) is 5.73 Å². The monoisotopic (exact) mass is 266 g/mol. The van der Waals surface area contributed by atoms with Crippen molar-refractivity contribution in [2.24, 2.45) is 0 Å². The number of nitrogens with zero attached hydrogens (tertiary/aromatic N) is 1. The van der Waals surface area contributed by atoms with Crippen molar-refractivity contribution >= 4 is 23.4 Å². The molecule has 0 saturated heterocycles. The summed E-state index contributed by atoms with van der Waals surface area (Å²) >= 11 is 0. The molecule has 0 fully saturated rings. The van der Waals surface area contributed by atoms with Crippen molar-refractivity contribution < 1.29 is 14.3 Å². The van der Waals surface area contributed by atoms with Crippen molar-refractivity contribution in [3.8, 4) is 0 Å². The Morgan fingerprint density at radius 3 is 2.84 bits per heavy atom. The number of amides is 1. The van der Waals surface area contributed by atoms with E-state index in [2.05, 4.69) is 20.4 Å². The first-order chi connectivity index (χ1) is 9.08. The van der Waals surface area contributed by atoms with Crippen LogP contribution in [0.3, 0.4) is 0 Å². The summed E-state index contributed by atoms with van der Waals surface area (Å²) in [4.78, 5) is 26.8. The molecule has 4 N–H and O–H groups in total. The number of pyridine rings is 1. The van der Waals surface area contributed by atoms with Gasteiger partial charge in [-0.25, -0.2) is 9.78 Å². The lowest BCUT2D eigenvalue weighted by atomic mass is 10.2. The Balaban J connectivity index is 2.64. The zero-order chi connectivity index (χ0) is 14.3. The van der Waals surface area contributed by atoms with E-state index in [1.807, 2.05) is 6.92 Å². The van der Waals surface area contributed by atoms with Gasteiger partial charge in [0.2, 0.25) is 5.91 Å². The number of carbonyl (C=O) groups excluding carboxylic acids is 2. The number of carbonyl (C=O) groups is 2. The minimum Gasteiger partial charge on any atom is -0.465 e. The summed E-state index contributed by atoms with van der Waals surface area (Å²) in [7, 11) is 1.27. The molecule has 1 amide bonds. The molecule has 7 nitrogen and oxygen atoms in total. The summed E-state index contributed by atoms with van der Waals surface area (Å²) in [5.41, 5.74) is 6.06. The molecule has 0 unspecified atom stereocenters. The first kappa shape index (κ1) is 14.7. The Labute approximate surface area is 111 Å². The van der Waals surface area contributed by atoms with Crippen LogP contribution in [0.5, 0.6) is 0 Å². The molecule has 0 aliphatic heterocycles. The lowest BCUT2D eigenvalue weighted by Crippen LogP contribution is -2.30. The topological polar surface area (TPSA) is 106 Å². The highest BCUT2D eigenvalue weighted by Gasteiger charge is 2.11. The third-order valence-electron chi connectivity index (χ3n) is 2.34. The fraction of sp³-hybridized carbons (Fsp3) is 0.417. The lowest BCUT2D eigenvalue weighted by Gasteiger charge is -2.08. The van der Waals surface area contributed by atoms with Crippen molar-refractivity contribution in [1.29, 1.82) is 0 Å². The van der Waals surface area contributed by atoms with Crippen molar-refractivity contribution in [3.05, 3.63) is 17.8 Å². The summed E-state index contributed by atoms with van der Waals surface area (Å²) in [5.74, 6) is -0.292. The molecule has 0 aliphatic carbocycles. The summed E-state index contributed by atoms with van der Waals surface area (Å²) < 4.78 is 4.60. The van der Waals surface area contributed by atoms with E-state index in [0.29, 0.717) is 12.4 Å². The van der Waals surface area contributed by atoms with Crippen LogP contribution in [0.15, 0.2) is 12.3 Å². The minimum absolute atomic E-state index is 0.0809. The average Bonchev–Trinajstić information content (AvgIpc) is 2.43. The SMILES string of the molecule is CCCNC(=O)CNc1cc(C(=O)OC)c(N)cn1. The van der Waals surface area contributed by atoms with Gasteiger partial charge in [-0.15, -0.1) is 0 Å². The number of nitrogens with one attached hydrogen (secondary N) is 2. The predicted octanol–water partition coefficient (Wildman–Crippen LogP) is 0.388. The zero-order valence-corrected chi connectivity index (χ0v) is 11.0. The summed E-state index contributed by atoms with van der Waals surface area (Å²) in [6, 6.07) is 1.45. The molecule has 1 heterocycles. The fourth-order valence-corrected chi connectivity index (χ4v) is 1.35. The molecular formula is C12H18N4O3. The summed E-state index contributed by atoms with van der Waals surface area (Å²) in [6.07, 6.45) is 2.22. The Bertz CT molecular complexity index is 462. The highest BCUT2D eigenvalue weighted by molar-refractivity contribution is 5.95. The number of methoxy groups -OCH3 is 1. The van der Waals surface area contributed by atoms with Crippen LogP contribution in [-0.4, -0.2) is 37.1 Å². The van der Waals surface area contributed by atoms with Crippen LogP contribution in [0.2, 0.25) is 0 Å². The molecule has 0 bridgehead atoms. The van der Waals surface area contributed by atoms with Gasteiger partial charge in [0.25, 0.3) is 0 Å². The summed E-state index contributed by atoms with van der Waals surface area (Å²) in [5, 5.41) is 5.53. The molecular weight excluding hydrogens is 248 g/mol. The Hall–Kier alpha value is -2.31. The van der Waals surface area contributed by atoms with E-state index in [9.17, 15) is 9.59 Å². The fourth-order valence-electron chi connectivity index (χ4n) is 1.35. The van der Waals surface area contributed by atoms with E-state index in [1.54, 1.807) is 0 Å². The standard InChI is InChI=1S/C12H18N4O3/c1-3-4-14-11(17)7-16-10-5-8(12(18)19-2)9(13)6-15-10/h5-6H,3-4,7,13H2,1-2H3,(H,14,17)(H,15,16). The molecule has 7 heteroatoms. The van der Waals surface area contributed by atoms with E-state index in [1.165, 1.54) is 19.4 Å². The van der Waals surface area contributed by atoms with Crippen LogP contribution in [-0.2, 0) is 9.53 Å². The summed E-state index contributed by atoms with van der Waals surface area (Å²) in [6.45, 7) is 2.68. The minimum atomic E-state index is -0.543. The van der Waals surface area contributed by atoms with Gasteiger partial charge in [-0.3, -0.25) is 4.79 Å². The molecule has 0 saturated carbocycles. The average molecular weight is 266 g/mol. The second-order valence-electron chi connectivity index (χ2n) is 3.85. The van der Waals surface area contributed by atoms with Crippen LogP contribution in [0.1, 0.15) is 23.7 Å². The number of anilines is 2. The third-order valence-corrected chi connectivity index (χ3v) is 2.34. The van der Waals surface area contributed by atoms with Gasteiger partial charge < -0.3 is 21.1 Å². The maximum atomic E-state index is 11.4. The van der Waals surface area contributed by atoms with Crippen molar-refractivity contribution in [2.75, 3.05) is 31.2 Å². The van der Waals surface area contributed by atoms with Crippen LogP contribution >= 0.6 is 0 Å².